The molecule has 17 heavy (non-hydrogen) atoms. The fourth-order valence-corrected chi connectivity index (χ4v) is 2.99. The molecule has 0 aliphatic heterocycles. The fourth-order valence-electron chi connectivity index (χ4n) is 2.99. The van der Waals surface area contributed by atoms with E-state index in [2.05, 4.69) is 51.1 Å². The molecule has 1 nitrogen and oxygen atoms in total. The fraction of sp³-hybridized carbons (Fsp3) is 0.625. The highest BCUT2D eigenvalue weighted by Gasteiger charge is 2.34. The molecule has 0 saturated heterocycles. The van der Waals surface area contributed by atoms with Crippen molar-refractivity contribution in [2.45, 2.75) is 52.1 Å². The monoisotopic (exact) mass is 232 g/mol. The summed E-state index contributed by atoms with van der Waals surface area (Å²) in [6, 6.07) is 10.7. The molecule has 3 atom stereocenters. The first-order valence-corrected chi connectivity index (χ1v) is 6.70. The van der Waals surface area contributed by atoms with Crippen LogP contribution < -0.4 is 0 Å². The molecule has 1 saturated carbocycles. The van der Waals surface area contributed by atoms with E-state index < -0.39 is 0 Å². The van der Waals surface area contributed by atoms with Crippen molar-refractivity contribution < 1.29 is 5.11 Å². The third kappa shape index (κ3) is 3.10. The van der Waals surface area contributed by atoms with Gasteiger partial charge in [-0.15, -0.1) is 0 Å². The number of hydrogen-bond acceptors (Lipinski definition) is 1. The second-order valence-corrected chi connectivity index (χ2v) is 6.53. The lowest BCUT2D eigenvalue weighted by molar-refractivity contribution is 0.0475. The zero-order valence-electron chi connectivity index (χ0n) is 11.2. The van der Waals surface area contributed by atoms with Crippen molar-refractivity contribution in [2.75, 3.05) is 0 Å². The maximum Gasteiger partial charge on any atom is 0.0549 e. The van der Waals surface area contributed by atoms with Gasteiger partial charge in [-0.2, -0.15) is 0 Å². The predicted octanol–water partition coefficient (Wildman–Crippen LogP) is 3.98. The van der Waals surface area contributed by atoms with E-state index in [1.54, 1.807) is 0 Å². The Morgan fingerprint density at radius 2 is 1.65 bits per heavy atom. The van der Waals surface area contributed by atoms with Crippen LogP contribution >= 0.6 is 0 Å². The second-order valence-electron chi connectivity index (χ2n) is 6.53. The van der Waals surface area contributed by atoms with E-state index in [1.807, 2.05) is 0 Å². The third-order valence-corrected chi connectivity index (χ3v) is 4.18. The number of aliphatic hydroxyl groups excluding tert-OH is 1. The molecule has 0 amide bonds. The van der Waals surface area contributed by atoms with Crippen molar-refractivity contribution in [3.05, 3.63) is 35.9 Å². The minimum Gasteiger partial charge on any atom is -0.393 e. The minimum absolute atomic E-state index is 0.127. The molecule has 1 heteroatoms. The van der Waals surface area contributed by atoms with Crippen LogP contribution in [0.2, 0.25) is 0 Å². The van der Waals surface area contributed by atoms with Crippen LogP contribution in [0.1, 0.15) is 51.5 Å². The van der Waals surface area contributed by atoms with E-state index in [-0.39, 0.29) is 6.10 Å². The van der Waals surface area contributed by atoms with Gasteiger partial charge in [0.15, 0.2) is 0 Å². The molecule has 0 heterocycles. The molecular formula is C16H24O. The van der Waals surface area contributed by atoms with Crippen LogP contribution in [0, 0.1) is 11.3 Å². The van der Waals surface area contributed by atoms with E-state index in [9.17, 15) is 5.11 Å². The molecule has 1 aliphatic rings. The van der Waals surface area contributed by atoms with E-state index in [1.165, 1.54) is 12.0 Å². The maximum atomic E-state index is 10.1. The quantitative estimate of drug-likeness (QED) is 0.776. The lowest BCUT2D eigenvalue weighted by Gasteiger charge is -2.40. The van der Waals surface area contributed by atoms with Gasteiger partial charge in [-0.05, 0) is 42.1 Å². The number of rotatable bonds is 1. The van der Waals surface area contributed by atoms with Gasteiger partial charge in [0.25, 0.3) is 0 Å². The minimum atomic E-state index is -0.127. The van der Waals surface area contributed by atoms with Crippen molar-refractivity contribution in [3.63, 3.8) is 0 Å². The van der Waals surface area contributed by atoms with Gasteiger partial charge in [0.05, 0.1) is 6.10 Å². The predicted molar refractivity (Wildman–Crippen MR) is 72.0 cm³/mol. The standard InChI is InChI=1S/C16H24O/c1-16(2,3)14-9-13(10-15(17)11-14)12-7-5-4-6-8-12/h4-8,13-15,17H,9-11H2,1-3H3. The van der Waals surface area contributed by atoms with Crippen molar-refractivity contribution in [1.82, 2.24) is 0 Å². The lowest BCUT2D eigenvalue weighted by atomic mass is 9.67. The molecule has 94 valence electrons. The summed E-state index contributed by atoms with van der Waals surface area (Å²) in [6.45, 7) is 6.87. The highest BCUT2D eigenvalue weighted by Crippen LogP contribution is 2.43. The molecule has 1 aromatic rings. The topological polar surface area (TPSA) is 20.2 Å². The van der Waals surface area contributed by atoms with Crippen LogP contribution in [0.3, 0.4) is 0 Å². The van der Waals surface area contributed by atoms with Crippen molar-refractivity contribution >= 4 is 0 Å². The van der Waals surface area contributed by atoms with Gasteiger partial charge in [0.2, 0.25) is 0 Å². The molecule has 2 rings (SSSR count). The summed E-state index contributed by atoms with van der Waals surface area (Å²) >= 11 is 0. The maximum absolute atomic E-state index is 10.1. The van der Waals surface area contributed by atoms with Gasteiger partial charge >= 0.3 is 0 Å². The van der Waals surface area contributed by atoms with Crippen LogP contribution in [0.4, 0.5) is 0 Å². The van der Waals surface area contributed by atoms with Crippen LogP contribution in [0.25, 0.3) is 0 Å². The first-order valence-electron chi connectivity index (χ1n) is 6.70. The number of benzene rings is 1. The lowest BCUT2D eigenvalue weighted by Crippen LogP contribution is -2.32. The molecule has 1 aromatic carbocycles. The normalized spacial score (nSPS) is 30.2. The van der Waals surface area contributed by atoms with Gasteiger partial charge < -0.3 is 5.11 Å². The largest absolute Gasteiger partial charge is 0.393 e. The van der Waals surface area contributed by atoms with Gasteiger partial charge in [0.1, 0.15) is 0 Å². The Balaban J connectivity index is 2.15. The van der Waals surface area contributed by atoms with Crippen LogP contribution in [0.5, 0.6) is 0 Å². The average molecular weight is 232 g/mol. The number of aliphatic hydroxyl groups is 1. The second kappa shape index (κ2) is 4.81. The molecular weight excluding hydrogens is 208 g/mol. The number of hydrogen-bond donors (Lipinski definition) is 1. The molecule has 0 radical (unpaired) electrons. The van der Waals surface area contributed by atoms with Gasteiger partial charge in [0, 0.05) is 0 Å². The van der Waals surface area contributed by atoms with Crippen LogP contribution in [0.15, 0.2) is 30.3 Å². The summed E-state index contributed by atoms with van der Waals surface area (Å²) in [5.74, 6) is 1.15. The Morgan fingerprint density at radius 1 is 1.00 bits per heavy atom. The highest BCUT2D eigenvalue weighted by molar-refractivity contribution is 5.20. The highest BCUT2D eigenvalue weighted by atomic mass is 16.3. The van der Waals surface area contributed by atoms with E-state index in [0.29, 0.717) is 17.3 Å². The molecule has 1 aliphatic carbocycles. The average Bonchev–Trinajstić information content (AvgIpc) is 2.28. The zero-order chi connectivity index (χ0) is 12.5. The summed E-state index contributed by atoms with van der Waals surface area (Å²) < 4.78 is 0. The Hall–Kier alpha value is -0.820. The van der Waals surface area contributed by atoms with Gasteiger partial charge in [-0.1, -0.05) is 51.1 Å². The Morgan fingerprint density at radius 3 is 2.24 bits per heavy atom. The van der Waals surface area contributed by atoms with E-state index >= 15 is 0 Å². The van der Waals surface area contributed by atoms with Gasteiger partial charge in [-0.25, -0.2) is 0 Å². The summed E-state index contributed by atoms with van der Waals surface area (Å²) in [6.07, 6.45) is 2.98. The first kappa shape index (κ1) is 12.6. The van der Waals surface area contributed by atoms with Crippen molar-refractivity contribution in [1.29, 1.82) is 0 Å². The Kier molecular flexibility index (Phi) is 3.58. The first-order chi connectivity index (χ1) is 7.97. The third-order valence-electron chi connectivity index (χ3n) is 4.18. The molecule has 1 N–H and O–H groups in total. The van der Waals surface area contributed by atoms with Crippen molar-refractivity contribution in [2.24, 2.45) is 11.3 Å². The van der Waals surface area contributed by atoms with Crippen molar-refractivity contribution in [3.8, 4) is 0 Å². The smallest absolute Gasteiger partial charge is 0.0549 e. The van der Waals surface area contributed by atoms with Gasteiger partial charge in [-0.3, -0.25) is 0 Å². The Bertz CT molecular complexity index is 350. The summed E-state index contributed by atoms with van der Waals surface area (Å²) in [7, 11) is 0. The molecule has 0 spiro atoms. The van der Waals surface area contributed by atoms with E-state index in [4.69, 9.17) is 0 Å². The van der Waals surface area contributed by atoms with Crippen LogP contribution in [-0.4, -0.2) is 11.2 Å². The zero-order valence-corrected chi connectivity index (χ0v) is 11.2. The molecule has 1 fully saturated rings. The Labute approximate surface area is 105 Å². The summed E-state index contributed by atoms with van der Waals surface area (Å²) in [5, 5.41) is 10.1. The summed E-state index contributed by atoms with van der Waals surface area (Å²) in [4.78, 5) is 0. The van der Waals surface area contributed by atoms with E-state index in [0.717, 1.165) is 12.8 Å². The molecule has 3 unspecified atom stereocenters. The van der Waals surface area contributed by atoms with Crippen LogP contribution in [-0.2, 0) is 0 Å². The molecule has 0 aromatic heterocycles. The molecule has 0 bridgehead atoms. The summed E-state index contributed by atoms with van der Waals surface area (Å²) in [5.41, 5.74) is 1.69. The SMILES string of the molecule is CC(C)(C)C1CC(O)CC(c2ccccc2)C1.